The Kier molecular flexibility index (Phi) is 2.79. The van der Waals surface area contributed by atoms with Crippen molar-refractivity contribution < 1.29 is 18.0 Å². The standard InChI is InChI=1S/C7H4BrF3N2O/c8-4-2-1-3(7(9,10)11)5(13-4)6(12)14/h1-2H,(H2,12,14). The average molecular weight is 269 g/mol. The first-order valence-corrected chi connectivity index (χ1v) is 4.15. The van der Waals surface area contributed by atoms with Crippen LogP contribution in [-0.4, -0.2) is 10.9 Å². The molecular weight excluding hydrogens is 265 g/mol. The molecule has 0 saturated carbocycles. The highest BCUT2D eigenvalue weighted by Crippen LogP contribution is 2.31. The molecule has 7 heteroatoms. The number of aromatic nitrogens is 1. The summed E-state index contributed by atoms with van der Waals surface area (Å²) in [6.45, 7) is 0. The lowest BCUT2D eigenvalue weighted by Crippen LogP contribution is -2.20. The van der Waals surface area contributed by atoms with Gasteiger partial charge in [0, 0.05) is 0 Å². The molecule has 0 radical (unpaired) electrons. The zero-order valence-corrected chi connectivity index (χ0v) is 8.19. The molecule has 76 valence electrons. The Bertz CT molecular complexity index is 378. The number of carbonyl (C=O) groups is 1. The normalized spacial score (nSPS) is 11.4. The van der Waals surface area contributed by atoms with Gasteiger partial charge >= 0.3 is 6.18 Å². The van der Waals surface area contributed by atoms with Crippen LogP contribution in [-0.2, 0) is 6.18 Å². The summed E-state index contributed by atoms with van der Waals surface area (Å²) in [5, 5.41) is 0. The van der Waals surface area contributed by atoms with E-state index in [0.717, 1.165) is 12.1 Å². The molecule has 1 aromatic heterocycles. The SMILES string of the molecule is NC(=O)c1nc(Br)ccc1C(F)(F)F. The van der Waals surface area contributed by atoms with Gasteiger partial charge in [-0.3, -0.25) is 4.79 Å². The maximum atomic E-state index is 12.3. The van der Waals surface area contributed by atoms with Crippen molar-refractivity contribution in [2.75, 3.05) is 0 Å². The van der Waals surface area contributed by atoms with E-state index in [0.29, 0.717) is 0 Å². The molecule has 2 N–H and O–H groups in total. The van der Waals surface area contributed by atoms with Crippen LogP contribution in [0, 0.1) is 0 Å². The van der Waals surface area contributed by atoms with Gasteiger partial charge in [-0.1, -0.05) is 0 Å². The summed E-state index contributed by atoms with van der Waals surface area (Å²) in [4.78, 5) is 14.0. The lowest BCUT2D eigenvalue weighted by molar-refractivity contribution is -0.138. The van der Waals surface area contributed by atoms with Crippen molar-refractivity contribution in [1.29, 1.82) is 0 Å². The van der Waals surface area contributed by atoms with Gasteiger partial charge in [0.15, 0.2) is 0 Å². The summed E-state index contributed by atoms with van der Waals surface area (Å²) in [7, 11) is 0. The molecular formula is C7H4BrF3N2O. The minimum atomic E-state index is -4.63. The highest BCUT2D eigenvalue weighted by atomic mass is 79.9. The number of nitrogens with two attached hydrogens (primary N) is 1. The van der Waals surface area contributed by atoms with Crippen molar-refractivity contribution in [3.63, 3.8) is 0 Å². The summed E-state index contributed by atoms with van der Waals surface area (Å²) in [6.07, 6.45) is -4.63. The summed E-state index contributed by atoms with van der Waals surface area (Å²) in [5.74, 6) is -1.21. The highest BCUT2D eigenvalue weighted by molar-refractivity contribution is 9.10. The van der Waals surface area contributed by atoms with Gasteiger partial charge in [0.25, 0.3) is 5.91 Å². The van der Waals surface area contributed by atoms with Gasteiger partial charge in [-0.15, -0.1) is 0 Å². The zero-order chi connectivity index (χ0) is 10.9. The van der Waals surface area contributed by atoms with Crippen LogP contribution < -0.4 is 5.73 Å². The first-order chi connectivity index (χ1) is 6.32. The molecule has 1 rings (SSSR count). The molecule has 0 bridgehead atoms. The summed E-state index contributed by atoms with van der Waals surface area (Å²) >= 11 is 2.85. The molecule has 0 aliphatic heterocycles. The second-order valence-electron chi connectivity index (χ2n) is 2.39. The molecule has 1 amide bonds. The summed E-state index contributed by atoms with van der Waals surface area (Å²) in [6, 6.07) is 1.84. The predicted molar refractivity (Wildman–Crippen MR) is 45.5 cm³/mol. The van der Waals surface area contributed by atoms with Crippen molar-refractivity contribution in [2.24, 2.45) is 5.73 Å². The van der Waals surface area contributed by atoms with Crippen LogP contribution >= 0.6 is 15.9 Å². The molecule has 14 heavy (non-hydrogen) atoms. The van der Waals surface area contributed by atoms with Crippen molar-refractivity contribution >= 4 is 21.8 Å². The lowest BCUT2D eigenvalue weighted by atomic mass is 10.2. The fourth-order valence-electron chi connectivity index (χ4n) is 0.852. The fourth-order valence-corrected chi connectivity index (χ4v) is 1.16. The Labute approximate surface area is 85.2 Å². The van der Waals surface area contributed by atoms with Gasteiger partial charge < -0.3 is 5.73 Å². The van der Waals surface area contributed by atoms with Crippen LogP contribution in [0.15, 0.2) is 16.7 Å². The Hall–Kier alpha value is -1.11. The van der Waals surface area contributed by atoms with Crippen LogP contribution in [0.3, 0.4) is 0 Å². The van der Waals surface area contributed by atoms with Crippen molar-refractivity contribution in [3.8, 4) is 0 Å². The smallest absolute Gasteiger partial charge is 0.364 e. The number of hydrogen-bond donors (Lipinski definition) is 1. The number of carbonyl (C=O) groups excluding carboxylic acids is 1. The molecule has 1 heterocycles. The second-order valence-corrected chi connectivity index (χ2v) is 3.20. The monoisotopic (exact) mass is 268 g/mol. The number of halogens is 4. The van der Waals surface area contributed by atoms with Crippen LogP contribution in [0.4, 0.5) is 13.2 Å². The highest BCUT2D eigenvalue weighted by Gasteiger charge is 2.35. The van der Waals surface area contributed by atoms with Crippen molar-refractivity contribution in [3.05, 3.63) is 28.0 Å². The lowest BCUT2D eigenvalue weighted by Gasteiger charge is -2.09. The minimum Gasteiger partial charge on any atom is -0.364 e. The van der Waals surface area contributed by atoms with E-state index in [1.165, 1.54) is 0 Å². The number of rotatable bonds is 1. The molecule has 0 fully saturated rings. The van der Waals surface area contributed by atoms with E-state index in [9.17, 15) is 18.0 Å². The van der Waals surface area contributed by atoms with Gasteiger partial charge in [-0.2, -0.15) is 13.2 Å². The minimum absolute atomic E-state index is 0.124. The second kappa shape index (κ2) is 3.56. The molecule has 0 atom stereocenters. The van der Waals surface area contributed by atoms with Crippen LogP contribution in [0.1, 0.15) is 16.1 Å². The largest absolute Gasteiger partial charge is 0.418 e. The molecule has 0 saturated heterocycles. The number of pyridine rings is 1. The first-order valence-electron chi connectivity index (χ1n) is 3.36. The number of amides is 1. The fraction of sp³-hybridized carbons (Fsp3) is 0.143. The quantitative estimate of drug-likeness (QED) is 0.792. The molecule has 0 spiro atoms. The topological polar surface area (TPSA) is 56.0 Å². The van der Waals surface area contributed by atoms with E-state index in [2.05, 4.69) is 20.9 Å². The molecule has 3 nitrogen and oxygen atoms in total. The van der Waals surface area contributed by atoms with E-state index in [1.54, 1.807) is 0 Å². The maximum Gasteiger partial charge on any atom is 0.418 e. The third-order valence-corrected chi connectivity index (χ3v) is 1.84. The van der Waals surface area contributed by atoms with Gasteiger partial charge in [0.05, 0.1) is 5.56 Å². The Morgan fingerprint density at radius 1 is 1.43 bits per heavy atom. The van der Waals surface area contributed by atoms with Crippen LogP contribution in [0.5, 0.6) is 0 Å². The van der Waals surface area contributed by atoms with Crippen LogP contribution in [0.2, 0.25) is 0 Å². The third kappa shape index (κ3) is 2.22. The Balaban J connectivity index is 3.37. The van der Waals surface area contributed by atoms with E-state index in [4.69, 9.17) is 5.73 Å². The number of primary amides is 1. The number of hydrogen-bond acceptors (Lipinski definition) is 2. The predicted octanol–water partition coefficient (Wildman–Crippen LogP) is 1.96. The summed E-state index contributed by atoms with van der Waals surface area (Å²) in [5.41, 5.74) is 2.84. The van der Waals surface area contributed by atoms with Gasteiger partial charge in [-0.25, -0.2) is 4.98 Å². The third-order valence-electron chi connectivity index (χ3n) is 1.40. The first kappa shape index (κ1) is 11.0. The molecule has 0 aromatic carbocycles. The Morgan fingerprint density at radius 3 is 2.43 bits per heavy atom. The molecule has 1 aromatic rings. The van der Waals surface area contributed by atoms with E-state index < -0.39 is 23.3 Å². The maximum absolute atomic E-state index is 12.3. The zero-order valence-electron chi connectivity index (χ0n) is 6.60. The molecule has 0 aliphatic rings. The van der Waals surface area contributed by atoms with E-state index in [1.807, 2.05) is 0 Å². The van der Waals surface area contributed by atoms with Gasteiger partial charge in [-0.05, 0) is 28.1 Å². The van der Waals surface area contributed by atoms with E-state index in [-0.39, 0.29) is 4.60 Å². The average Bonchev–Trinajstić information content (AvgIpc) is 2.01. The molecule has 0 aliphatic carbocycles. The van der Waals surface area contributed by atoms with Crippen molar-refractivity contribution in [2.45, 2.75) is 6.18 Å². The number of nitrogens with zero attached hydrogens (tertiary/aromatic N) is 1. The van der Waals surface area contributed by atoms with Crippen LogP contribution in [0.25, 0.3) is 0 Å². The number of alkyl halides is 3. The Morgan fingerprint density at radius 2 is 2.00 bits per heavy atom. The van der Waals surface area contributed by atoms with Crippen molar-refractivity contribution in [1.82, 2.24) is 4.98 Å². The molecule has 0 unspecified atom stereocenters. The van der Waals surface area contributed by atoms with Gasteiger partial charge in [0.1, 0.15) is 10.3 Å². The summed E-state index contributed by atoms with van der Waals surface area (Å²) < 4.78 is 37.0. The van der Waals surface area contributed by atoms with Gasteiger partial charge in [0.2, 0.25) is 0 Å². The van der Waals surface area contributed by atoms with E-state index >= 15 is 0 Å².